The first-order chi connectivity index (χ1) is 16.5. The highest BCUT2D eigenvalue weighted by Gasteiger charge is 2.24. The molecule has 0 amide bonds. The van der Waals surface area contributed by atoms with Gasteiger partial charge in [-0.05, 0) is 68.9 Å². The van der Waals surface area contributed by atoms with Gasteiger partial charge in [0.25, 0.3) is 0 Å². The minimum absolute atomic E-state index is 0.215. The number of likely N-dealkylation sites (N-methyl/N-ethyl adjacent to an activating group) is 1. The zero-order valence-electron chi connectivity index (χ0n) is 19.8. The van der Waals surface area contributed by atoms with Crippen LogP contribution in [0.4, 0.5) is 10.1 Å². The molecule has 5 nitrogen and oxygen atoms in total. The van der Waals surface area contributed by atoms with E-state index in [2.05, 4.69) is 46.2 Å². The van der Waals surface area contributed by atoms with Crippen molar-refractivity contribution in [1.82, 2.24) is 15.1 Å². The van der Waals surface area contributed by atoms with Crippen molar-refractivity contribution >= 4 is 5.69 Å². The molecular weight excluding hydrogens is 427 g/mol. The fourth-order valence-electron chi connectivity index (χ4n) is 4.53. The highest BCUT2D eigenvalue weighted by Crippen LogP contribution is 2.31. The highest BCUT2D eigenvalue weighted by molar-refractivity contribution is 5.64. The van der Waals surface area contributed by atoms with Crippen LogP contribution < -0.4 is 4.90 Å². The Morgan fingerprint density at radius 1 is 0.971 bits per heavy atom. The van der Waals surface area contributed by atoms with Gasteiger partial charge in [0.05, 0.1) is 5.92 Å². The van der Waals surface area contributed by atoms with Crippen molar-refractivity contribution in [3.63, 3.8) is 0 Å². The Balaban J connectivity index is 1.30. The summed E-state index contributed by atoms with van der Waals surface area (Å²) in [4.78, 5) is 4.69. The van der Waals surface area contributed by atoms with Gasteiger partial charge in [-0.2, -0.15) is 0 Å². The van der Waals surface area contributed by atoms with E-state index in [1.165, 1.54) is 12.1 Å². The Hall–Kier alpha value is -3.51. The van der Waals surface area contributed by atoms with Crippen molar-refractivity contribution in [3.8, 4) is 22.6 Å². The minimum atomic E-state index is -0.260. The summed E-state index contributed by atoms with van der Waals surface area (Å²) < 4.78 is 20.8. The van der Waals surface area contributed by atoms with E-state index in [-0.39, 0.29) is 11.7 Å². The zero-order chi connectivity index (χ0) is 23.7. The molecule has 1 saturated heterocycles. The van der Waals surface area contributed by atoms with Gasteiger partial charge in [0.2, 0.25) is 11.8 Å². The second-order valence-electron chi connectivity index (χ2n) is 9.17. The average molecular weight is 457 g/mol. The number of hydrogen-bond acceptors (Lipinski definition) is 5. The van der Waals surface area contributed by atoms with Crippen LogP contribution in [0.15, 0.2) is 77.2 Å². The second-order valence-corrected chi connectivity index (χ2v) is 9.17. The molecular formula is C28H29FN4O. The predicted octanol–water partition coefficient (Wildman–Crippen LogP) is 5.83. The monoisotopic (exact) mass is 456 g/mol. The number of aromatic nitrogens is 2. The lowest BCUT2D eigenvalue weighted by molar-refractivity contribution is 0.315. The second kappa shape index (κ2) is 9.39. The van der Waals surface area contributed by atoms with E-state index in [1.807, 2.05) is 61.5 Å². The van der Waals surface area contributed by atoms with E-state index in [1.54, 1.807) is 6.07 Å². The Kier molecular flexibility index (Phi) is 6.16. The van der Waals surface area contributed by atoms with Crippen molar-refractivity contribution in [3.05, 3.63) is 90.1 Å². The van der Waals surface area contributed by atoms with Crippen LogP contribution >= 0.6 is 0 Å². The van der Waals surface area contributed by atoms with Crippen LogP contribution in [0.5, 0.6) is 0 Å². The smallest absolute Gasteiger partial charge is 0.247 e. The van der Waals surface area contributed by atoms with Gasteiger partial charge in [-0.25, -0.2) is 4.39 Å². The number of halogens is 1. The largest absolute Gasteiger partial charge is 0.420 e. The van der Waals surface area contributed by atoms with Gasteiger partial charge in [0.15, 0.2) is 0 Å². The molecule has 1 aliphatic rings. The average Bonchev–Trinajstić information content (AvgIpc) is 3.55. The third-order valence-corrected chi connectivity index (χ3v) is 6.76. The van der Waals surface area contributed by atoms with Gasteiger partial charge in [-0.3, -0.25) is 0 Å². The van der Waals surface area contributed by atoms with E-state index in [0.717, 1.165) is 29.8 Å². The Morgan fingerprint density at radius 2 is 1.74 bits per heavy atom. The Bertz CT molecular complexity index is 1250. The van der Waals surface area contributed by atoms with Crippen LogP contribution in [0.25, 0.3) is 22.6 Å². The molecule has 5 rings (SSSR count). The third kappa shape index (κ3) is 4.46. The summed E-state index contributed by atoms with van der Waals surface area (Å²) >= 11 is 0. The first kappa shape index (κ1) is 22.3. The summed E-state index contributed by atoms with van der Waals surface area (Å²) in [6, 6.07) is 23.7. The van der Waals surface area contributed by atoms with Crippen molar-refractivity contribution in [1.29, 1.82) is 0 Å². The maximum absolute atomic E-state index is 14.8. The van der Waals surface area contributed by atoms with Gasteiger partial charge in [-0.15, -0.1) is 10.2 Å². The summed E-state index contributed by atoms with van der Waals surface area (Å²) in [5.74, 6) is 0.471. The molecule has 0 saturated carbocycles. The molecule has 2 atom stereocenters. The van der Waals surface area contributed by atoms with Crippen LogP contribution in [-0.2, 0) is 0 Å². The van der Waals surface area contributed by atoms with Crippen LogP contribution in [0.3, 0.4) is 0 Å². The predicted molar refractivity (Wildman–Crippen MR) is 133 cm³/mol. The Morgan fingerprint density at radius 3 is 2.41 bits per heavy atom. The van der Waals surface area contributed by atoms with E-state index in [0.29, 0.717) is 23.4 Å². The lowest BCUT2D eigenvalue weighted by atomic mass is 9.97. The molecule has 174 valence electrons. The maximum atomic E-state index is 14.8. The van der Waals surface area contributed by atoms with Crippen LogP contribution in [0, 0.1) is 5.82 Å². The van der Waals surface area contributed by atoms with Gasteiger partial charge < -0.3 is 14.2 Å². The maximum Gasteiger partial charge on any atom is 0.247 e. The molecule has 1 aliphatic heterocycles. The summed E-state index contributed by atoms with van der Waals surface area (Å²) in [5.41, 5.74) is 4.32. The molecule has 0 bridgehead atoms. The molecule has 3 aromatic carbocycles. The molecule has 4 aromatic rings. The van der Waals surface area contributed by atoms with Crippen molar-refractivity contribution in [2.75, 3.05) is 32.1 Å². The summed E-state index contributed by atoms with van der Waals surface area (Å²) in [5, 5.41) is 8.51. The number of rotatable bonds is 6. The lowest BCUT2D eigenvalue weighted by Gasteiger charge is -2.21. The topological polar surface area (TPSA) is 45.4 Å². The minimum Gasteiger partial charge on any atom is -0.420 e. The standard InChI is InChI=1S/C28H29FN4O/c1-19(22-11-14-25(26(29)17-22)20-7-5-4-6-8-20)27-30-31-28(34-27)21-9-12-23(13-10-21)33-16-15-24(18-33)32(2)3/h4-14,17,19,24H,15-16,18H2,1-3H3/t19-,24?/m0/s1. The molecule has 1 fully saturated rings. The molecule has 0 spiro atoms. The van der Waals surface area contributed by atoms with Gasteiger partial charge >= 0.3 is 0 Å². The molecule has 0 N–H and O–H groups in total. The molecule has 2 heterocycles. The summed E-state index contributed by atoms with van der Waals surface area (Å²) in [6.45, 7) is 4.05. The normalized spacial score (nSPS) is 16.9. The van der Waals surface area contributed by atoms with E-state index >= 15 is 0 Å². The molecule has 1 aromatic heterocycles. The van der Waals surface area contributed by atoms with E-state index in [9.17, 15) is 4.39 Å². The Labute approximate surface area is 199 Å². The molecule has 1 unspecified atom stereocenters. The summed E-state index contributed by atoms with van der Waals surface area (Å²) in [7, 11) is 4.27. The molecule has 0 aliphatic carbocycles. The highest BCUT2D eigenvalue weighted by atomic mass is 19.1. The van der Waals surface area contributed by atoms with Crippen molar-refractivity contribution in [2.45, 2.75) is 25.3 Å². The quantitative estimate of drug-likeness (QED) is 0.365. The first-order valence-corrected chi connectivity index (χ1v) is 11.7. The lowest BCUT2D eigenvalue weighted by Crippen LogP contribution is -2.31. The van der Waals surface area contributed by atoms with Crippen LogP contribution in [0.1, 0.15) is 30.7 Å². The number of anilines is 1. The fourth-order valence-corrected chi connectivity index (χ4v) is 4.53. The van der Waals surface area contributed by atoms with E-state index < -0.39 is 0 Å². The molecule has 34 heavy (non-hydrogen) atoms. The van der Waals surface area contributed by atoms with E-state index in [4.69, 9.17) is 4.42 Å². The van der Waals surface area contributed by atoms with Gasteiger partial charge in [0.1, 0.15) is 5.82 Å². The third-order valence-electron chi connectivity index (χ3n) is 6.76. The zero-order valence-corrected chi connectivity index (χ0v) is 19.8. The van der Waals surface area contributed by atoms with Crippen molar-refractivity contribution < 1.29 is 8.81 Å². The molecule has 0 radical (unpaired) electrons. The fraction of sp³-hybridized carbons (Fsp3) is 0.286. The van der Waals surface area contributed by atoms with Crippen LogP contribution in [0.2, 0.25) is 0 Å². The van der Waals surface area contributed by atoms with Crippen molar-refractivity contribution in [2.24, 2.45) is 0 Å². The molecule has 6 heteroatoms. The SMILES string of the molecule is C[C@@H](c1ccc(-c2ccccc2)c(F)c1)c1nnc(-c2ccc(N3CCC(N(C)C)C3)cc2)o1. The summed E-state index contributed by atoms with van der Waals surface area (Å²) in [6.07, 6.45) is 1.17. The first-order valence-electron chi connectivity index (χ1n) is 11.7. The van der Waals surface area contributed by atoms with Gasteiger partial charge in [0, 0.05) is 35.9 Å². The number of benzene rings is 3. The van der Waals surface area contributed by atoms with Gasteiger partial charge in [-0.1, -0.05) is 42.5 Å². The number of nitrogens with zero attached hydrogens (tertiary/aromatic N) is 4. The number of hydrogen-bond donors (Lipinski definition) is 0. The van der Waals surface area contributed by atoms with Crippen LogP contribution in [-0.4, -0.2) is 48.3 Å².